The van der Waals surface area contributed by atoms with Gasteiger partial charge in [-0.1, -0.05) is 6.07 Å². The first kappa shape index (κ1) is 11.4. The molecule has 2 heterocycles. The van der Waals surface area contributed by atoms with Gasteiger partial charge in [-0.05, 0) is 11.6 Å². The van der Waals surface area contributed by atoms with E-state index in [1.165, 1.54) is 0 Å². The standard InChI is InChI=1S/C11H15N5O/c1-16-5-4-13-11(16)15-7-8-2-3-9(10(12)17)14-6-8/h2-3,6H,4-5,7H2,1H3,(H2,12,17)(H,13,15). The van der Waals surface area contributed by atoms with Crippen LogP contribution in [0.2, 0.25) is 0 Å². The molecule has 17 heavy (non-hydrogen) atoms. The summed E-state index contributed by atoms with van der Waals surface area (Å²) < 4.78 is 0. The number of aromatic nitrogens is 1. The summed E-state index contributed by atoms with van der Waals surface area (Å²) in [5.74, 6) is 0.383. The Hall–Kier alpha value is -2.11. The first-order valence-corrected chi connectivity index (χ1v) is 5.41. The van der Waals surface area contributed by atoms with Gasteiger partial charge in [-0.2, -0.15) is 0 Å². The van der Waals surface area contributed by atoms with Crippen molar-refractivity contribution in [3.05, 3.63) is 29.6 Å². The van der Waals surface area contributed by atoms with Crippen LogP contribution in [0.4, 0.5) is 0 Å². The summed E-state index contributed by atoms with van der Waals surface area (Å²) in [6.45, 7) is 2.41. The summed E-state index contributed by atoms with van der Waals surface area (Å²) in [4.78, 5) is 21.2. The molecule has 1 aliphatic rings. The number of nitrogens with zero attached hydrogens (tertiary/aromatic N) is 3. The molecule has 6 heteroatoms. The van der Waals surface area contributed by atoms with Crippen LogP contribution in [0.15, 0.2) is 23.3 Å². The molecule has 90 valence electrons. The van der Waals surface area contributed by atoms with E-state index in [4.69, 9.17) is 5.73 Å². The van der Waals surface area contributed by atoms with E-state index < -0.39 is 5.91 Å². The van der Waals surface area contributed by atoms with Crippen LogP contribution in [0.3, 0.4) is 0 Å². The zero-order valence-corrected chi connectivity index (χ0v) is 9.68. The number of amides is 1. The van der Waals surface area contributed by atoms with Gasteiger partial charge in [0, 0.05) is 26.3 Å². The number of aliphatic imine (C=N–C) groups is 1. The second-order valence-electron chi connectivity index (χ2n) is 3.90. The van der Waals surface area contributed by atoms with Gasteiger partial charge in [0.25, 0.3) is 5.91 Å². The van der Waals surface area contributed by atoms with Gasteiger partial charge in [-0.3, -0.25) is 14.8 Å². The van der Waals surface area contributed by atoms with Gasteiger partial charge in [0.05, 0.1) is 6.54 Å². The fourth-order valence-corrected chi connectivity index (χ4v) is 1.58. The number of nitrogens with one attached hydrogen (secondary N) is 1. The molecule has 3 N–H and O–H groups in total. The maximum Gasteiger partial charge on any atom is 0.267 e. The Morgan fingerprint density at radius 2 is 2.41 bits per heavy atom. The van der Waals surface area contributed by atoms with Gasteiger partial charge in [-0.15, -0.1) is 0 Å². The van der Waals surface area contributed by atoms with Gasteiger partial charge >= 0.3 is 0 Å². The normalized spacial score (nSPS) is 14.6. The number of nitrogens with two attached hydrogens (primary N) is 1. The lowest BCUT2D eigenvalue weighted by atomic mass is 10.2. The van der Waals surface area contributed by atoms with Crippen LogP contribution in [-0.2, 0) is 6.54 Å². The molecule has 1 aliphatic heterocycles. The highest BCUT2D eigenvalue weighted by Crippen LogP contribution is 2.01. The molecule has 1 aromatic heterocycles. The van der Waals surface area contributed by atoms with Crippen LogP contribution < -0.4 is 11.1 Å². The highest BCUT2D eigenvalue weighted by molar-refractivity contribution is 5.90. The lowest BCUT2D eigenvalue weighted by Gasteiger charge is -2.15. The molecular weight excluding hydrogens is 218 g/mol. The number of rotatable bonds is 3. The van der Waals surface area contributed by atoms with E-state index >= 15 is 0 Å². The molecule has 6 nitrogen and oxygen atoms in total. The summed E-state index contributed by atoms with van der Waals surface area (Å²) in [5, 5.41) is 3.22. The summed E-state index contributed by atoms with van der Waals surface area (Å²) in [5.41, 5.74) is 6.38. The van der Waals surface area contributed by atoms with Crippen molar-refractivity contribution in [1.82, 2.24) is 15.2 Å². The average Bonchev–Trinajstić information content (AvgIpc) is 2.73. The second-order valence-corrected chi connectivity index (χ2v) is 3.90. The molecule has 1 aromatic rings. The van der Waals surface area contributed by atoms with Crippen LogP contribution in [0, 0.1) is 0 Å². The third kappa shape index (κ3) is 2.72. The van der Waals surface area contributed by atoms with Gasteiger partial charge < -0.3 is 16.0 Å². The fourth-order valence-electron chi connectivity index (χ4n) is 1.58. The number of hydrogen-bond acceptors (Lipinski definition) is 5. The summed E-state index contributed by atoms with van der Waals surface area (Å²) in [7, 11) is 1.99. The Balaban J connectivity index is 1.93. The SMILES string of the molecule is CN1CCN=C1NCc1ccc(C(N)=O)nc1. The summed E-state index contributed by atoms with van der Waals surface area (Å²) >= 11 is 0. The number of primary amides is 1. The van der Waals surface area contributed by atoms with Crippen LogP contribution in [0.1, 0.15) is 16.1 Å². The van der Waals surface area contributed by atoms with E-state index in [0.717, 1.165) is 24.6 Å². The van der Waals surface area contributed by atoms with E-state index in [-0.39, 0.29) is 5.69 Å². The number of pyridine rings is 1. The predicted molar refractivity (Wildman–Crippen MR) is 64.5 cm³/mol. The van der Waals surface area contributed by atoms with Crippen molar-refractivity contribution in [1.29, 1.82) is 0 Å². The summed E-state index contributed by atoms with van der Waals surface area (Å²) in [6, 6.07) is 3.45. The molecule has 0 saturated carbocycles. The number of likely N-dealkylation sites (N-methyl/N-ethyl adjacent to an activating group) is 1. The lowest BCUT2D eigenvalue weighted by Crippen LogP contribution is -2.35. The monoisotopic (exact) mass is 233 g/mol. The molecule has 0 unspecified atom stereocenters. The Morgan fingerprint density at radius 1 is 1.59 bits per heavy atom. The molecule has 0 aliphatic carbocycles. The zero-order chi connectivity index (χ0) is 12.3. The predicted octanol–water partition coefficient (Wildman–Crippen LogP) is -0.428. The summed E-state index contributed by atoms with van der Waals surface area (Å²) in [6.07, 6.45) is 1.64. The van der Waals surface area contributed by atoms with Gasteiger partial charge in [0.2, 0.25) is 0 Å². The third-order valence-corrected chi connectivity index (χ3v) is 2.59. The van der Waals surface area contributed by atoms with E-state index in [0.29, 0.717) is 6.54 Å². The maximum atomic E-state index is 10.8. The minimum absolute atomic E-state index is 0.282. The molecule has 0 radical (unpaired) electrons. The molecule has 0 atom stereocenters. The smallest absolute Gasteiger partial charge is 0.267 e. The molecule has 0 fully saturated rings. The lowest BCUT2D eigenvalue weighted by molar-refractivity contribution is 0.0995. The Labute approximate surface area is 99.5 Å². The minimum atomic E-state index is -0.510. The van der Waals surface area contributed by atoms with Crippen molar-refractivity contribution in [3.63, 3.8) is 0 Å². The van der Waals surface area contributed by atoms with Crippen molar-refractivity contribution in [2.24, 2.45) is 10.7 Å². The molecule has 1 amide bonds. The Morgan fingerprint density at radius 3 is 2.94 bits per heavy atom. The van der Waals surface area contributed by atoms with Crippen LogP contribution >= 0.6 is 0 Å². The van der Waals surface area contributed by atoms with E-state index in [1.807, 2.05) is 13.1 Å². The number of guanidine groups is 1. The first-order valence-electron chi connectivity index (χ1n) is 5.41. The molecular formula is C11H15N5O. The number of hydrogen-bond donors (Lipinski definition) is 2. The minimum Gasteiger partial charge on any atom is -0.364 e. The Bertz CT molecular complexity index is 440. The average molecular weight is 233 g/mol. The third-order valence-electron chi connectivity index (χ3n) is 2.59. The number of carbonyl (C=O) groups is 1. The fraction of sp³-hybridized carbons (Fsp3) is 0.364. The molecule has 0 bridgehead atoms. The molecule has 0 aromatic carbocycles. The first-order chi connectivity index (χ1) is 8.16. The van der Waals surface area contributed by atoms with E-state index in [9.17, 15) is 4.79 Å². The highest BCUT2D eigenvalue weighted by Gasteiger charge is 2.11. The van der Waals surface area contributed by atoms with Crippen LogP contribution in [-0.4, -0.2) is 41.9 Å². The quantitative estimate of drug-likeness (QED) is 0.742. The van der Waals surface area contributed by atoms with Crippen LogP contribution in [0.25, 0.3) is 0 Å². The van der Waals surface area contributed by atoms with Crippen molar-refractivity contribution in [2.45, 2.75) is 6.54 Å². The van der Waals surface area contributed by atoms with Crippen molar-refractivity contribution in [3.8, 4) is 0 Å². The van der Waals surface area contributed by atoms with Gasteiger partial charge in [0.1, 0.15) is 5.69 Å². The number of carbonyl (C=O) groups excluding carboxylic acids is 1. The van der Waals surface area contributed by atoms with Gasteiger partial charge in [0.15, 0.2) is 5.96 Å². The van der Waals surface area contributed by atoms with Crippen molar-refractivity contribution >= 4 is 11.9 Å². The van der Waals surface area contributed by atoms with E-state index in [2.05, 4.69) is 20.2 Å². The van der Waals surface area contributed by atoms with Gasteiger partial charge in [-0.25, -0.2) is 0 Å². The molecule has 0 spiro atoms. The highest BCUT2D eigenvalue weighted by atomic mass is 16.1. The van der Waals surface area contributed by atoms with Crippen molar-refractivity contribution in [2.75, 3.05) is 20.1 Å². The molecule has 0 saturated heterocycles. The van der Waals surface area contributed by atoms with Crippen molar-refractivity contribution < 1.29 is 4.79 Å². The molecule has 2 rings (SSSR count). The second kappa shape index (κ2) is 4.82. The van der Waals surface area contributed by atoms with E-state index in [1.54, 1.807) is 12.3 Å². The van der Waals surface area contributed by atoms with Crippen LogP contribution in [0.5, 0.6) is 0 Å². The Kier molecular flexibility index (Phi) is 3.22. The largest absolute Gasteiger partial charge is 0.364 e. The topological polar surface area (TPSA) is 83.6 Å². The maximum absolute atomic E-state index is 10.8. The zero-order valence-electron chi connectivity index (χ0n) is 9.68.